The Hall–Kier alpha value is -2.70. The molecule has 1 saturated heterocycles. The minimum absolute atomic E-state index is 0.0660. The molecule has 4 rings (SSSR count). The Morgan fingerprint density at radius 2 is 2.17 bits per heavy atom. The molecule has 1 aliphatic heterocycles. The Bertz CT molecular complexity index is 809. The summed E-state index contributed by atoms with van der Waals surface area (Å²) in [6, 6.07) is 3.15. The van der Waals surface area contributed by atoms with Crippen LogP contribution in [-0.2, 0) is 20.8 Å². The zero-order chi connectivity index (χ0) is 16.0. The van der Waals surface area contributed by atoms with Gasteiger partial charge in [-0.2, -0.15) is 0 Å². The SMILES string of the molecule is O=C1CC(N(C(=O)Cc2c[nH]c3ncccc23)C2CC2)C(=O)N1. The Labute approximate surface area is 132 Å². The maximum absolute atomic E-state index is 12.8. The fourth-order valence-electron chi connectivity index (χ4n) is 3.16. The lowest BCUT2D eigenvalue weighted by atomic mass is 10.1. The van der Waals surface area contributed by atoms with Crippen LogP contribution in [0.15, 0.2) is 24.5 Å². The van der Waals surface area contributed by atoms with Crippen LogP contribution < -0.4 is 5.32 Å². The molecule has 2 aliphatic rings. The first kappa shape index (κ1) is 13.9. The van der Waals surface area contributed by atoms with E-state index in [-0.39, 0.29) is 36.6 Å². The van der Waals surface area contributed by atoms with Crippen molar-refractivity contribution in [2.75, 3.05) is 0 Å². The number of imide groups is 1. The average molecular weight is 312 g/mol. The second-order valence-electron chi connectivity index (χ2n) is 6.05. The lowest BCUT2D eigenvalue weighted by molar-refractivity contribution is -0.139. The van der Waals surface area contributed by atoms with E-state index in [2.05, 4.69) is 15.3 Å². The van der Waals surface area contributed by atoms with Crippen molar-refractivity contribution in [2.24, 2.45) is 0 Å². The van der Waals surface area contributed by atoms with Gasteiger partial charge >= 0.3 is 0 Å². The summed E-state index contributed by atoms with van der Waals surface area (Å²) >= 11 is 0. The lowest BCUT2D eigenvalue weighted by Crippen LogP contribution is -2.46. The molecule has 0 bridgehead atoms. The predicted molar refractivity (Wildman–Crippen MR) is 81.2 cm³/mol. The monoisotopic (exact) mass is 312 g/mol. The zero-order valence-corrected chi connectivity index (χ0v) is 12.4. The third kappa shape index (κ3) is 2.48. The van der Waals surface area contributed by atoms with Gasteiger partial charge in [-0.1, -0.05) is 0 Å². The molecule has 2 aromatic heterocycles. The van der Waals surface area contributed by atoms with Gasteiger partial charge in [-0.05, 0) is 30.5 Å². The number of hydrogen-bond donors (Lipinski definition) is 2. The van der Waals surface area contributed by atoms with Gasteiger partial charge in [-0.15, -0.1) is 0 Å². The second-order valence-corrected chi connectivity index (χ2v) is 6.05. The second kappa shape index (κ2) is 5.19. The third-order valence-corrected chi connectivity index (χ3v) is 4.39. The number of hydrogen-bond acceptors (Lipinski definition) is 4. The van der Waals surface area contributed by atoms with Gasteiger partial charge in [-0.25, -0.2) is 4.98 Å². The summed E-state index contributed by atoms with van der Waals surface area (Å²) < 4.78 is 0. The molecule has 2 N–H and O–H groups in total. The number of nitrogens with one attached hydrogen (secondary N) is 2. The summed E-state index contributed by atoms with van der Waals surface area (Å²) in [5.74, 6) is -0.794. The molecule has 3 heterocycles. The first-order valence-corrected chi connectivity index (χ1v) is 7.69. The van der Waals surface area contributed by atoms with Crippen molar-refractivity contribution in [2.45, 2.75) is 37.8 Å². The van der Waals surface area contributed by atoms with Crippen molar-refractivity contribution in [3.63, 3.8) is 0 Å². The molecule has 0 radical (unpaired) electrons. The van der Waals surface area contributed by atoms with E-state index in [1.165, 1.54) is 0 Å². The van der Waals surface area contributed by atoms with Crippen LogP contribution in [0.5, 0.6) is 0 Å². The normalized spacial score (nSPS) is 20.8. The first-order chi connectivity index (χ1) is 11.1. The average Bonchev–Trinajstić information content (AvgIpc) is 3.19. The summed E-state index contributed by atoms with van der Waals surface area (Å²) in [6.45, 7) is 0. The van der Waals surface area contributed by atoms with Gasteiger partial charge < -0.3 is 9.88 Å². The minimum Gasteiger partial charge on any atom is -0.346 e. The number of aromatic nitrogens is 2. The van der Waals surface area contributed by atoms with Gasteiger partial charge in [0.25, 0.3) is 0 Å². The molecular weight excluding hydrogens is 296 g/mol. The molecule has 2 fully saturated rings. The molecule has 1 aliphatic carbocycles. The Morgan fingerprint density at radius 1 is 1.35 bits per heavy atom. The standard InChI is InChI=1S/C16H16N4O3/c21-13-7-12(16(23)19-13)20(10-3-4-10)14(22)6-9-8-18-15-11(9)2-1-5-17-15/h1-2,5,8,10,12H,3-4,6-7H2,(H,17,18)(H,19,21,23). The van der Waals surface area contributed by atoms with Crippen LogP contribution in [0.2, 0.25) is 0 Å². The molecule has 0 aromatic carbocycles. The molecule has 23 heavy (non-hydrogen) atoms. The molecule has 3 amide bonds. The highest BCUT2D eigenvalue weighted by Gasteiger charge is 2.44. The highest BCUT2D eigenvalue weighted by Crippen LogP contribution is 2.32. The van der Waals surface area contributed by atoms with Gasteiger partial charge in [0.2, 0.25) is 17.7 Å². The Balaban J connectivity index is 1.59. The van der Waals surface area contributed by atoms with E-state index in [9.17, 15) is 14.4 Å². The summed E-state index contributed by atoms with van der Waals surface area (Å²) in [5.41, 5.74) is 1.59. The molecule has 118 valence electrons. The van der Waals surface area contributed by atoms with Gasteiger partial charge in [0, 0.05) is 23.8 Å². The first-order valence-electron chi connectivity index (χ1n) is 7.69. The number of nitrogens with zero attached hydrogens (tertiary/aromatic N) is 2. The lowest BCUT2D eigenvalue weighted by Gasteiger charge is -2.26. The van der Waals surface area contributed by atoms with Crippen molar-refractivity contribution >= 4 is 28.8 Å². The van der Waals surface area contributed by atoms with Gasteiger partial charge in [0.15, 0.2) is 0 Å². The van der Waals surface area contributed by atoms with Crippen LogP contribution in [0.4, 0.5) is 0 Å². The summed E-state index contributed by atoms with van der Waals surface area (Å²) in [7, 11) is 0. The molecule has 1 saturated carbocycles. The third-order valence-electron chi connectivity index (χ3n) is 4.39. The number of carbonyl (C=O) groups excluding carboxylic acids is 3. The number of aromatic amines is 1. The zero-order valence-electron chi connectivity index (χ0n) is 12.4. The molecule has 1 atom stereocenters. The topological polar surface area (TPSA) is 95.2 Å². The van der Waals surface area contributed by atoms with Crippen LogP contribution in [-0.4, -0.2) is 44.7 Å². The smallest absolute Gasteiger partial charge is 0.249 e. The minimum atomic E-state index is -0.661. The van der Waals surface area contributed by atoms with Crippen LogP contribution >= 0.6 is 0 Å². The van der Waals surface area contributed by atoms with Gasteiger partial charge in [0.1, 0.15) is 11.7 Å². The number of fused-ring (bicyclic) bond motifs is 1. The number of pyridine rings is 1. The number of rotatable bonds is 4. The van der Waals surface area contributed by atoms with Crippen LogP contribution in [0.3, 0.4) is 0 Å². The molecule has 7 heteroatoms. The molecule has 0 spiro atoms. The van der Waals surface area contributed by atoms with Crippen LogP contribution in [0.1, 0.15) is 24.8 Å². The van der Waals surface area contributed by atoms with Crippen molar-refractivity contribution < 1.29 is 14.4 Å². The van der Waals surface area contributed by atoms with E-state index in [0.29, 0.717) is 0 Å². The highest BCUT2D eigenvalue weighted by atomic mass is 16.2. The molecular formula is C16H16N4O3. The van der Waals surface area contributed by atoms with Gasteiger partial charge in [-0.3, -0.25) is 19.7 Å². The van der Waals surface area contributed by atoms with Crippen LogP contribution in [0.25, 0.3) is 11.0 Å². The molecule has 1 unspecified atom stereocenters. The number of amides is 3. The van der Waals surface area contributed by atoms with Crippen LogP contribution in [0, 0.1) is 0 Å². The summed E-state index contributed by atoms with van der Waals surface area (Å²) in [4.78, 5) is 45.0. The summed E-state index contributed by atoms with van der Waals surface area (Å²) in [6.07, 6.45) is 5.50. The van der Waals surface area contributed by atoms with Gasteiger partial charge in [0.05, 0.1) is 12.8 Å². The van der Waals surface area contributed by atoms with E-state index in [1.54, 1.807) is 17.3 Å². The van der Waals surface area contributed by atoms with Crippen molar-refractivity contribution in [1.29, 1.82) is 0 Å². The molecule has 2 aromatic rings. The van der Waals surface area contributed by atoms with Crippen molar-refractivity contribution in [1.82, 2.24) is 20.2 Å². The highest BCUT2D eigenvalue weighted by molar-refractivity contribution is 6.07. The fourth-order valence-corrected chi connectivity index (χ4v) is 3.16. The van der Waals surface area contributed by atoms with E-state index in [1.807, 2.05) is 12.1 Å². The Morgan fingerprint density at radius 3 is 2.87 bits per heavy atom. The van der Waals surface area contributed by atoms with E-state index < -0.39 is 6.04 Å². The number of carbonyl (C=O) groups is 3. The number of H-pyrrole nitrogens is 1. The van der Waals surface area contributed by atoms with E-state index in [4.69, 9.17) is 0 Å². The fraction of sp³-hybridized carbons (Fsp3) is 0.375. The molecule has 7 nitrogen and oxygen atoms in total. The van der Waals surface area contributed by atoms with Crippen molar-refractivity contribution in [3.05, 3.63) is 30.1 Å². The maximum Gasteiger partial charge on any atom is 0.249 e. The van der Waals surface area contributed by atoms with E-state index in [0.717, 1.165) is 29.4 Å². The largest absolute Gasteiger partial charge is 0.346 e. The van der Waals surface area contributed by atoms with Crippen molar-refractivity contribution in [3.8, 4) is 0 Å². The predicted octanol–water partition coefficient (Wildman–Crippen LogP) is 0.511. The Kier molecular flexibility index (Phi) is 3.14. The van der Waals surface area contributed by atoms with E-state index >= 15 is 0 Å². The quantitative estimate of drug-likeness (QED) is 0.804. The summed E-state index contributed by atoms with van der Waals surface area (Å²) in [5, 5.41) is 3.19. The maximum atomic E-state index is 12.8.